The lowest BCUT2D eigenvalue weighted by atomic mass is 9.78. The molecule has 0 radical (unpaired) electrons. The summed E-state index contributed by atoms with van der Waals surface area (Å²) < 4.78 is 29.6. The molecule has 0 aliphatic carbocycles. The number of rotatable bonds is 6. The molecular weight excluding hydrogens is 321 g/mol. The van der Waals surface area contributed by atoms with E-state index in [1.165, 1.54) is 0 Å². The summed E-state index contributed by atoms with van der Waals surface area (Å²) in [6, 6.07) is 13.3. The van der Waals surface area contributed by atoms with Crippen LogP contribution in [0, 0.1) is 6.92 Å². The molecule has 0 saturated carbocycles. The van der Waals surface area contributed by atoms with E-state index in [0.29, 0.717) is 17.8 Å². The van der Waals surface area contributed by atoms with Gasteiger partial charge in [-0.05, 0) is 49.1 Å². The predicted molar refractivity (Wildman–Crippen MR) is 101 cm³/mol. The summed E-state index contributed by atoms with van der Waals surface area (Å²) in [4.78, 5) is 4.75. The number of ether oxygens (including phenoxy) is 1. The van der Waals surface area contributed by atoms with Gasteiger partial charge < -0.3 is 10.5 Å². The lowest BCUT2D eigenvalue weighted by molar-refractivity contribution is -0.0503. The van der Waals surface area contributed by atoms with Crippen molar-refractivity contribution in [2.45, 2.75) is 39.3 Å². The van der Waals surface area contributed by atoms with Gasteiger partial charge in [-0.2, -0.15) is 8.78 Å². The molecule has 0 aromatic heterocycles. The second-order valence-corrected chi connectivity index (χ2v) is 6.20. The number of aliphatic imine (C=N–C) groups is 1. The van der Waals surface area contributed by atoms with Crippen LogP contribution in [0.3, 0.4) is 0 Å². The summed E-state index contributed by atoms with van der Waals surface area (Å²) in [7, 11) is 2.02. The van der Waals surface area contributed by atoms with Gasteiger partial charge in [-0.25, -0.2) is 0 Å². The minimum Gasteiger partial charge on any atom is -0.435 e. The highest BCUT2D eigenvalue weighted by Gasteiger charge is 2.32. The molecule has 0 heterocycles. The van der Waals surface area contributed by atoms with E-state index < -0.39 is 12.2 Å². The number of hydrogen-bond donors (Lipinski definition) is 1. The largest absolute Gasteiger partial charge is 0.435 e. The van der Waals surface area contributed by atoms with Gasteiger partial charge in [0.25, 0.3) is 0 Å². The average molecular weight is 344 g/mol. The Balaban J connectivity index is 2.64. The molecule has 2 N–H and O–H groups in total. The van der Waals surface area contributed by atoms with E-state index in [9.17, 15) is 8.78 Å². The van der Waals surface area contributed by atoms with Crippen LogP contribution in [0.4, 0.5) is 8.78 Å². The highest BCUT2D eigenvalue weighted by molar-refractivity contribution is 6.32. The molecular formula is C19H23BF2N2O. The first-order chi connectivity index (χ1) is 11.8. The molecule has 0 fully saturated rings. The number of halogens is 2. The van der Waals surface area contributed by atoms with Gasteiger partial charge in [-0.15, -0.1) is 0 Å². The van der Waals surface area contributed by atoms with E-state index in [0.717, 1.165) is 16.6 Å². The SMILES string of the molecule is Bc1cccc(C(CC)(/N=C(\C)N)c2ccc(OC(F)F)c(C)c2)c1. The Bertz CT molecular complexity index is 776. The minimum absolute atomic E-state index is 0.168. The zero-order valence-corrected chi connectivity index (χ0v) is 15.0. The summed E-state index contributed by atoms with van der Waals surface area (Å²) in [6.45, 7) is 2.69. The molecule has 0 aliphatic rings. The number of aryl methyl sites for hydroxylation is 1. The molecule has 2 aromatic carbocycles. The molecule has 2 aromatic rings. The predicted octanol–water partition coefficient (Wildman–Crippen LogP) is 2.89. The maximum absolute atomic E-state index is 12.5. The lowest BCUT2D eigenvalue weighted by Crippen LogP contribution is -2.29. The lowest BCUT2D eigenvalue weighted by Gasteiger charge is -2.31. The van der Waals surface area contributed by atoms with Crippen LogP contribution in [0.2, 0.25) is 0 Å². The van der Waals surface area contributed by atoms with Crippen molar-refractivity contribution < 1.29 is 13.5 Å². The second kappa shape index (κ2) is 7.68. The van der Waals surface area contributed by atoms with Crippen LogP contribution in [-0.4, -0.2) is 20.3 Å². The fourth-order valence-corrected chi connectivity index (χ4v) is 3.12. The van der Waals surface area contributed by atoms with Gasteiger partial charge in [-0.1, -0.05) is 42.7 Å². The van der Waals surface area contributed by atoms with E-state index >= 15 is 0 Å². The van der Waals surface area contributed by atoms with Gasteiger partial charge in [0.15, 0.2) is 0 Å². The van der Waals surface area contributed by atoms with Crippen LogP contribution < -0.4 is 15.9 Å². The maximum atomic E-state index is 12.5. The molecule has 1 atom stereocenters. The molecule has 6 heteroatoms. The molecule has 0 saturated heterocycles. The summed E-state index contributed by atoms with van der Waals surface area (Å²) in [5.41, 5.74) is 8.92. The van der Waals surface area contributed by atoms with Crippen molar-refractivity contribution >= 4 is 19.1 Å². The van der Waals surface area contributed by atoms with Gasteiger partial charge in [0.05, 0.1) is 5.84 Å². The van der Waals surface area contributed by atoms with Crippen LogP contribution in [-0.2, 0) is 5.54 Å². The molecule has 0 amide bonds. The number of alkyl halides is 2. The Hall–Kier alpha value is -2.37. The standard InChI is InChI=1S/C19H23BF2N2O/c1-4-19(24-13(3)23,14-6-5-7-16(20)11-14)15-8-9-17(12(2)10-15)25-18(21)22/h5-11,18H,4,20H2,1-3H3,(H2,23,24). The quantitative estimate of drug-likeness (QED) is 0.498. The number of amidine groups is 1. The van der Waals surface area contributed by atoms with E-state index in [-0.39, 0.29) is 5.75 Å². The number of benzene rings is 2. The van der Waals surface area contributed by atoms with Crippen LogP contribution in [0.25, 0.3) is 0 Å². The average Bonchev–Trinajstić information content (AvgIpc) is 2.54. The molecule has 0 spiro atoms. The third-order valence-corrected chi connectivity index (χ3v) is 4.24. The first-order valence-electron chi connectivity index (χ1n) is 8.23. The zero-order valence-electron chi connectivity index (χ0n) is 15.0. The molecule has 0 bridgehead atoms. The van der Waals surface area contributed by atoms with Crippen molar-refractivity contribution in [2.75, 3.05) is 0 Å². The van der Waals surface area contributed by atoms with Crippen LogP contribution in [0.15, 0.2) is 47.5 Å². The Morgan fingerprint density at radius 1 is 1.24 bits per heavy atom. The number of nitrogens with two attached hydrogens (primary N) is 1. The van der Waals surface area contributed by atoms with Crippen molar-refractivity contribution in [3.8, 4) is 5.75 Å². The van der Waals surface area contributed by atoms with Crippen molar-refractivity contribution in [3.63, 3.8) is 0 Å². The number of nitrogens with zero attached hydrogens (tertiary/aromatic N) is 1. The Morgan fingerprint density at radius 2 is 1.92 bits per heavy atom. The fraction of sp³-hybridized carbons (Fsp3) is 0.316. The van der Waals surface area contributed by atoms with E-state index in [2.05, 4.69) is 10.8 Å². The van der Waals surface area contributed by atoms with Gasteiger partial charge in [0.2, 0.25) is 0 Å². The van der Waals surface area contributed by atoms with Crippen LogP contribution >= 0.6 is 0 Å². The third-order valence-electron chi connectivity index (χ3n) is 4.24. The van der Waals surface area contributed by atoms with Gasteiger partial charge in [-0.3, -0.25) is 4.99 Å². The van der Waals surface area contributed by atoms with E-state index in [1.807, 2.05) is 39.0 Å². The van der Waals surface area contributed by atoms with Gasteiger partial charge in [0, 0.05) is 0 Å². The fourth-order valence-electron chi connectivity index (χ4n) is 3.12. The van der Waals surface area contributed by atoms with Crippen LogP contribution in [0.5, 0.6) is 5.75 Å². The zero-order chi connectivity index (χ0) is 18.6. The molecule has 132 valence electrons. The third kappa shape index (κ3) is 4.19. The molecule has 3 nitrogen and oxygen atoms in total. The van der Waals surface area contributed by atoms with Gasteiger partial charge >= 0.3 is 6.61 Å². The highest BCUT2D eigenvalue weighted by atomic mass is 19.3. The Kier molecular flexibility index (Phi) is 5.83. The Morgan fingerprint density at radius 3 is 2.44 bits per heavy atom. The Labute approximate surface area is 148 Å². The first kappa shape index (κ1) is 19.0. The topological polar surface area (TPSA) is 47.6 Å². The molecule has 1 unspecified atom stereocenters. The van der Waals surface area contributed by atoms with Crippen LogP contribution in [0.1, 0.15) is 37.0 Å². The smallest absolute Gasteiger partial charge is 0.387 e. The van der Waals surface area contributed by atoms with Crippen molar-refractivity contribution in [1.29, 1.82) is 0 Å². The van der Waals surface area contributed by atoms with Crippen molar-refractivity contribution in [2.24, 2.45) is 10.7 Å². The normalized spacial score (nSPS) is 14.4. The molecule has 25 heavy (non-hydrogen) atoms. The minimum atomic E-state index is -2.85. The number of hydrogen-bond acceptors (Lipinski definition) is 2. The van der Waals surface area contributed by atoms with Crippen molar-refractivity contribution in [3.05, 3.63) is 59.2 Å². The molecule has 2 rings (SSSR count). The van der Waals surface area contributed by atoms with Gasteiger partial charge in [0.1, 0.15) is 19.1 Å². The summed E-state index contributed by atoms with van der Waals surface area (Å²) in [5, 5.41) is 0. The van der Waals surface area contributed by atoms with Crippen molar-refractivity contribution in [1.82, 2.24) is 0 Å². The summed E-state index contributed by atoms with van der Waals surface area (Å²) in [5.74, 6) is 0.635. The van der Waals surface area contributed by atoms with E-state index in [1.54, 1.807) is 26.0 Å². The maximum Gasteiger partial charge on any atom is 0.387 e. The highest BCUT2D eigenvalue weighted by Crippen LogP contribution is 2.38. The second-order valence-electron chi connectivity index (χ2n) is 6.20. The monoisotopic (exact) mass is 344 g/mol. The van der Waals surface area contributed by atoms with E-state index in [4.69, 9.17) is 10.7 Å². The summed E-state index contributed by atoms with van der Waals surface area (Å²) in [6.07, 6.45) is 0.680. The summed E-state index contributed by atoms with van der Waals surface area (Å²) >= 11 is 0. The first-order valence-corrected chi connectivity index (χ1v) is 8.23. The molecule has 0 aliphatic heterocycles.